The number of benzene rings is 1. The van der Waals surface area contributed by atoms with Crippen molar-refractivity contribution >= 4 is 5.69 Å². The van der Waals surface area contributed by atoms with Gasteiger partial charge < -0.3 is 15.0 Å². The number of anilines is 1. The second-order valence-corrected chi connectivity index (χ2v) is 3.08. The molecule has 6 heteroatoms. The summed E-state index contributed by atoms with van der Waals surface area (Å²) >= 11 is 0. The molecule has 2 aromatic rings. The zero-order valence-corrected chi connectivity index (χ0v) is 8.33. The van der Waals surface area contributed by atoms with E-state index in [2.05, 4.69) is 5.16 Å². The van der Waals surface area contributed by atoms with Crippen molar-refractivity contribution in [2.75, 3.05) is 12.8 Å². The van der Waals surface area contributed by atoms with Crippen LogP contribution in [-0.4, -0.2) is 12.3 Å². The number of ether oxygens (including phenoxy) is 1. The third kappa shape index (κ3) is 1.58. The Morgan fingerprint density at radius 1 is 1.38 bits per heavy atom. The summed E-state index contributed by atoms with van der Waals surface area (Å²) in [6.07, 6.45) is 1.23. The minimum atomic E-state index is -0.819. The third-order valence-electron chi connectivity index (χ3n) is 2.06. The molecule has 84 valence electrons. The smallest absolute Gasteiger partial charge is 0.196 e. The summed E-state index contributed by atoms with van der Waals surface area (Å²) in [5.74, 6) is -1.54. The Bertz CT molecular complexity index is 526. The second-order valence-electron chi connectivity index (χ2n) is 3.08. The van der Waals surface area contributed by atoms with Crippen LogP contribution in [0.4, 0.5) is 14.5 Å². The highest BCUT2D eigenvalue weighted by Crippen LogP contribution is 2.36. The van der Waals surface area contributed by atoms with E-state index in [1.165, 1.54) is 13.3 Å². The number of nitrogens with two attached hydrogens (primary N) is 1. The minimum Gasteiger partial charge on any atom is -0.496 e. The van der Waals surface area contributed by atoms with Gasteiger partial charge in [0.1, 0.15) is 28.6 Å². The predicted molar refractivity (Wildman–Crippen MR) is 52.8 cm³/mol. The first kappa shape index (κ1) is 10.4. The first-order valence-electron chi connectivity index (χ1n) is 4.37. The highest BCUT2D eigenvalue weighted by atomic mass is 19.1. The van der Waals surface area contributed by atoms with Crippen molar-refractivity contribution in [3.05, 3.63) is 30.0 Å². The van der Waals surface area contributed by atoms with E-state index >= 15 is 0 Å². The lowest BCUT2D eigenvalue weighted by atomic mass is 10.1. The van der Waals surface area contributed by atoms with Gasteiger partial charge in [-0.3, -0.25) is 0 Å². The molecule has 2 N–H and O–H groups in total. The molecule has 0 amide bonds. The highest BCUT2D eigenvalue weighted by Gasteiger charge is 2.19. The van der Waals surface area contributed by atoms with Crippen molar-refractivity contribution < 1.29 is 18.0 Å². The molecule has 4 nitrogen and oxygen atoms in total. The van der Waals surface area contributed by atoms with Gasteiger partial charge in [-0.1, -0.05) is 5.16 Å². The van der Waals surface area contributed by atoms with Gasteiger partial charge in [0, 0.05) is 12.1 Å². The van der Waals surface area contributed by atoms with E-state index < -0.39 is 11.6 Å². The standard InChI is InChI=1S/C10H8F2N2O2/c1-15-8-3-5(11)2-6(12)9(8)10-7(13)4-14-16-10/h2-4H,13H2,1H3. The lowest BCUT2D eigenvalue weighted by Crippen LogP contribution is -1.95. The van der Waals surface area contributed by atoms with Crippen molar-refractivity contribution in [2.24, 2.45) is 0 Å². The third-order valence-corrected chi connectivity index (χ3v) is 2.06. The molecule has 0 aliphatic carbocycles. The van der Waals surface area contributed by atoms with Crippen molar-refractivity contribution in [3.63, 3.8) is 0 Å². The maximum absolute atomic E-state index is 13.6. The number of halogens is 2. The number of hydrogen-bond acceptors (Lipinski definition) is 4. The number of rotatable bonds is 2. The molecular formula is C10H8F2N2O2. The fraction of sp³-hybridized carbons (Fsp3) is 0.100. The zero-order valence-electron chi connectivity index (χ0n) is 8.33. The first-order valence-corrected chi connectivity index (χ1v) is 4.37. The van der Waals surface area contributed by atoms with Gasteiger partial charge in [0.2, 0.25) is 0 Å². The van der Waals surface area contributed by atoms with Crippen LogP contribution in [0.3, 0.4) is 0 Å². The Balaban J connectivity index is 2.69. The van der Waals surface area contributed by atoms with Crippen LogP contribution in [0, 0.1) is 11.6 Å². The molecule has 1 heterocycles. The molecule has 0 aliphatic heterocycles. The van der Waals surface area contributed by atoms with Crippen molar-refractivity contribution in [2.45, 2.75) is 0 Å². The Hall–Kier alpha value is -2.11. The first-order chi connectivity index (χ1) is 7.63. The van der Waals surface area contributed by atoms with E-state index in [-0.39, 0.29) is 22.8 Å². The average molecular weight is 226 g/mol. The summed E-state index contributed by atoms with van der Waals surface area (Å²) in [6, 6.07) is 1.76. The lowest BCUT2D eigenvalue weighted by Gasteiger charge is -2.07. The summed E-state index contributed by atoms with van der Waals surface area (Å²) in [7, 11) is 1.30. The van der Waals surface area contributed by atoms with E-state index in [1.807, 2.05) is 0 Å². The monoisotopic (exact) mass is 226 g/mol. The van der Waals surface area contributed by atoms with Crippen LogP contribution in [0.2, 0.25) is 0 Å². The van der Waals surface area contributed by atoms with Crippen LogP contribution < -0.4 is 10.5 Å². The molecular weight excluding hydrogens is 218 g/mol. The number of nitrogen functional groups attached to an aromatic ring is 1. The van der Waals surface area contributed by atoms with Crippen molar-refractivity contribution in [1.82, 2.24) is 5.16 Å². The number of nitrogens with zero attached hydrogens (tertiary/aromatic N) is 1. The molecule has 1 aromatic carbocycles. The minimum absolute atomic E-state index is 0.000880. The Morgan fingerprint density at radius 3 is 2.69 bits per heavy atom. The second kappa shape index (κ2) is 3.80. The highest BCUT2D eigenvalue weighted by molar-refractivity contribution is 5.75. The van der Waals surface area contributed by atoms with Crippen LogP contribution in [0.5, 0.6) is 5.75 Å². The maximum Gasteiger partial charge on any atom is 0.196 e. The molecule has 16 heavy (non-hydrogen) atoms. The van der Waals surface area contributed by atoms with E-state index in [9.17, 15) is 8.78 Å². The molecule has 0 aliphatic rings. The fourth-order valence-corrected chi connectivity index (χ4v) is 1.37. The van der Waals surface area contributed by atoms with E-state index in [0.29, 0.717) is 0 Å². The molecule has 0 saturated heterocycles. The fourth-order valence-electron chi connectivity index (χ4n) is 1.37. The Labute approximate surface area is 89.6 Å². The summed E-state index contributed by atoms with van der Waals surface area (Å²) in [5, 5.41) is 3.42. The normalized spacial score (nSPS) is 10.4. The summed E-state index contributed by atoms with van der Waals surface area (Å²) in [5.41, 5.74) is 5.64. The quantitative estimate of drug-likeness (QED) is 0.852. The SMILES string of the molecule is COc1cc(F)cc(F)c1-c1oncc1N. The van der Waals surface area contributed by atoms with Gasteiger partial charge in [0.15, 0.2) is 5.76 Å². The predicted octanol–water partition coefficient (Wildman–Crippen LogP) is 2.21. The largest absolute Gasteiger partial charge is 0.496 e. The summed E-state index contributed by atoms with van der Waals surface area (Å²) < 4.78 is 36.2. The maximum atomic E-state index is 13.6. The van der Waals surface area contributed by atoms with Gasteiger partial charge in [0.25, 0.3) is 0 Å². The number of methoxy groups -OCH3 is 1. The summed E-state index contributed by atoms with van der Waals surface area (Å²) in [4.78, 5) is 0. The van der Waals surface area contributed by atoms with Crippen LogP contribution in [0.25, 0.3) is 11.3 Å². The molecule has 0 spiro atoms. The van der Waals surface area contributed by atoms with Crippen LogP contribution in [0.15, 0.2) is 22.9 Å². The van der Waals surface area contributed by atoms with Crippen LogP contribution in [-0.2, 0) is 0 Å². The van der Waals surface area contributed by atoms with Crippen LogP contribution >= 0.6 is 0 Å². The Morgan fingerprint density at radius 2 is 2.12 bits per heavy atom. The molecule has 0 atom stereocenters. The van der Waals surface area contributed by atoms with Gasteiger partial charge in [-0.2, -0.15) is 0 Å². The molecule has 0 radical (unpaired) electrons. The van der Waals surface area contributed by atoms with Gasteiger partial charge in [-0.25, -0.2) is 8.78 Å². The van der Waals surface area contributed by atoms with Crippen molar-refractivity contribution in [1.29, 1.82) is 0 Å². The molecule has 0 saturated carbocycles. The van der Waals surface area contributed by atoms with Gasteiger partial charge in [-0.15, -0.1) is 0 Å². The molecule has 0 fully saturated rings. The molecule has 1 aromatic heterocycles. The lowest BCUT2D eigenvalue weighted by molar-refractivity contribution is 0.398. The van der Waals surface area contributed by atoms with Crippen LogP contribution in [0.1, 0.15) is 0 Å². The molecule has 2 rings (SSSR count). The van der Waals surface area contributed by atoms with Gasteiger partial charge in [-0.05, 0) is 0 Å². The van der Waals surface area contributed by atoms with Gasteiger partial charge >= 0.3 is 0 Å². The van der Waals surface area contributed by atoms with Crippen molar-refractivity contribution in [3.8, 4) is 17.1 Å². The summed E-state index contributed by atoms with van der Waals surface area (Å²) in [6.45, 7) is 0. The number of aromatic nitrogens is 1. The van der Waals surface area contributed by atoms with Gasteiger partial charge in [0.05, 0.1) is 13.3 Å². The van der Waals surface area contributed by atoms with E-state index in [0.717, 1.165) is 12.1 Å². The topological polar surface area (TPSA) is 61.3 Å². The molecule has 0 unspecified atom stereocenters. The van der Waals surface area contributed by atoms with E-state index in [1.54, 1.807) is 0 Å². The average Bonchev–Trinajstić information content (AvgIpc) is 2.63. The Kier molecular flexibility index (Phi) is 2.47. The van der Waals surface area contributed by atoms with E-state index in [4.69, 9.17) is 15.0 Å². The molecule has 0 bridgehead atoms. The number of hydrogen-bond donors (Lipinski definition) is 1. The zero-order chi connectivity index (χ0) is 11.7.